The van der Waals surface area contributed by atoms with Crippen molar-refractivity contribution in [1.82, 2.24) is 4.90 Å². The number of rotatable bonds is 10. The van der Waals surface area contributed by atoms with Crippen LogP contribution in [0.4, 0.5) is 0 Å². The van der Waals surface area contributed by atoms with Gasteiger partial charge in [0.25, 0.3) is 11.7 Å². The van der Waals surface area contributed by atoms with E-state index in [0.29, 0.717) is 43.6 Å². The minimum absolute atomic E-state index is 0.111. The summed E-state index contributed by atoms with van der Waals surface area (Å²) in [5, 5.41) is 11.3. The number of benzene rings is 2. The predicted octanol–water partition coefficient (Wildman–Crippen LogP) is 5.61. The Morgan fingerprint density at radius 1 is 1.06 bits per heavy atom. The van der Waals surface area contributed by atoms with Crippen LogP contribution in [0.25, 0.3) is 5.76 Å². The Kier molecular flexibility index (Phi) is 8.73. The van der Waals surface area contributed by atoms with Crippen molar-refractivity contribution in [2.45, 2.75) is 53.0 Å². The summed E-state index contributed by atoms with van der Waals surface area (Å²) in [7, 11) is 1.60. The highest BCUT2D eigenvalue weighted by atomic mass is 16.5. The van der Waals surface area contributed by atoms with Crippen molar-refractivity contribution in [3.05, 3.63) is 70.3 Å². The summed E-state index contributed by atoms with van der Waals surface area (Å²) in [4.78, 5) is 27.8. The molecule has 1 aliphatic heterocycles. The second-order valence-electron chi connectivity index (χ2n) is 9.85. The quantitative estimate of drug-likeness (QED) is 0.207. The molecule has 1 unspecified atom stereocenters. The number of aliphatic hydroxyl groups excluding tert-OH is 1. The predicted molar refractivity (Wildman–Crippen MR) is 138 cm³/mol. The van der Waals surface area contributed by atoms with Crippen LogP contribution in [0.1, 0.15) is 68.3 Å². The van der Waals surface area contributed by atoms with Crippen LogP contribution in [-0.4, -0.2) is 48.6 Å². The number of amides is 1. The fourth-order valence-electron chi connectivity index (χ4n) is 4.27. The van der Waals surface area contributed by atoms with Gasteiger partial charge in [-0.05, 0) is 60.1 Å². The van der Waals surface area contributed by atoms with E-state index in [1.165, 1.54) is 0 Å². The summed E-state index contributed by atoms with van der Waals surface area (Å²) in [6.07, 6.45) is 0.588. The highest BCUT2D eigenvalue weighted by Crippen LogP contribution is 2.40. The Labute approximate surface area is 208 Å². The zero-order chi connectivity index (χ0) is 25.7. The average molecular weight is 480 g/mol. The summed E-state index contributed by atoms with van der Waals surface area (Å²) >= 11 is 0. The molecule has 0 saturated carbocycles. The van der Waals surface area contributed by atoms with Crippen molar-refractivity contribution in [2.24, 2.45) is 5.92 Å². The number of likely N-dealkylation sites (tertiary alicyclic amines) is 1. The van der Waals surface area contributed by atoms with E-state index in [4.69, 9.17) is 9.47 Å². The second kappa shape index (κ2) is 11.5. The van der Waals surface area contributed by atoms with Crippen LogP contribution >= 0.6 is 0 Å². The van der Waals surface area contributed by atoms with Gasteiger partial charge in [-0.3, -0.25) is 9.59 Å². The van der Waals surface area contributed by atoms with E-state index in [9.17, 15) is 14.7 Å². The van der Waals surface area contributed by atoms with E-state index in [2.05, 4.69) is 27.7 Å². The van der Waals surface area contributed by atoms with Crippen LogP contribution in [0, 0.1) is 12.8 Å². The van der Waals surface area contributed by atoms with Crippen molar-refractivity contribution in [3.8, 4) is 5.75 Å². The average Bonchev–Trinajstić information content (AvgIpc) is 3.08. The SMILES string of the molecule is COCCCN1C(=O)C(=O)/C(=C(\O)c2ccc(OCC(C)C)c(C)c2)C1c1ccc(C(C)C)cc1. The Balaban J connectivity index is 2.06. The maximum Gasteiger partial charge on any atom is 0.295 e. The molecule has 6 nitrogen and oxygen atoms in total. The molecule has 188 valence electrons. The molecule has 2 aromatic rings. The van der Waals surface area contributed by atoms with E-state index < -0.39 is 17.7 Å². The van der Waals surface area contributed by atoms with Crippen LogP contribution in [-0.2, 0) is 14.3 Å². The molecule has 3 rings (SSSR count). The van der Waals surface area contributed by atoms with Gasteiger partial charge in [0.05, 0.1) is 18.2 Å². The van der Waals surface area contributed by atoms with Gasteiger partial charge in [-0.2, -0.15) is 0 Å². The number of ketones is 1. The van der Waals surface area contributed by atoms with Crippen LogP contribution in [0.3, 0.4) is 0 Å². The Hall–Kier alpha value is -3.12. The first-order chi connectivity index (χ1) is 16.6. The Morgan fingerprint density at radius 2 is 1.74 bits per heavy atom. The number of carbonyl (C=O) groups excluding carboxylic acids is 2. The fourth-order valence-corrected chi connectivity index (χ4v) is 4.27. The summed E-state index contributed by atoms with van der Waals surface area (Å²) in [5.41, 5.74) is 3.40. The highest BCUT2D eigenvalue weighted by molar-refractivity contribution is 6.46. The second-order valence-corrected chi connectivity index (χ2v) is 9.85. The molecular formula is C29H37NO5. The molecule has 0 spiro atoms. The number of methoxy groups -OCH3 is 1. The molecule has 0 radical (unpaired) electrons. The topological polar surface area (TPSA) is 76.1 Å². The zero-order valence-corrected chi connectivity index (χ0v) is 21.6. The maximum atomic E-state index is 13.2. The van der Waals surface area contributed by atoms with Crippen molar-refractivity contribution in [2.75, 3.05) is 26.9 Å². The number of Topliss-reactive ketones (excluding diaryl/α,β-unsaturated/α-hetero) is 1. The highest BCUT2D eigenvalue weighted by Gasteiger charge is 2.45. The van der Waals surface area contributed by atoms with Gasteiger partial charge in [0.2, 0.25) is 0 Å². The minimum Gasteiger partial charge on any atom is -0.507 e. The standard InChI is InChI=1S/C29H37NO5/c1-18(2)17-35-24-13-12-23(16-20(24)5)27(31)25-26(22-10-8-21(9-11-22)19(3)4)30(14-7-15-34-6)29(33)28(25)32/h8-13,16,18-19,26,31H,7,14-15,17H2,1-6H3/b27-25-. The van der Waals surface area contributed by atoms with Crippen molar-refractivity contribution < 1.29 is 24.2 Å². The lowest BCUT2D eigenvalue weighted by atomic mass is 9.93. The lowest BCUT2D eigenvalue weighted by molar-refractivity contribution is -0.140. The first-order valence-electron chi connectivity index (χ1n) is 12.3. The number of aryl methyl sites for hydroxylation is 1. The smallest absolute Gasteiger partial charge is 0.295 e. The van der Waals surface area contributed by atoms with E-state index in [0.717, 1.165) is 22.4 Å². The van der Waals surface area contributed by atoms with Crippen molar-refractivity contribution in [1.29, 1.82) is 0 Å². The molecule has 1 fully saturated rings. The summed E-state index contributed by atoms with van der Waals surface area (Å²) in [6, 6.07) is 12.6. The third-order valence-electron chi connectivity index (χ3n) is 6.23. The molecule has 1 aliphatic rings. The first kappa shape index (κ1) is 26.5. The molecule has 1 saturated heterocycles. The molecular weight excluding hydrogens is 442 g/mol. The maximum absolute atomic E-state index is 13.2. The summed E-state index contributed by atoms with van der Waals surface area (Å²) in [6.45, 7) is 11.7. The zero-order valence-electron chi connectivity index (χ0n) is 21.6. The van der Waals surface area contributed by atoms with Gasteiger partial charge >= 0.3 is 0 Å². The molecule has 35 heavy (non-hydrogen) atoms. The van der Waals surface area contributed by atoms with Crippen LogP contribution in [0.2, 0.25) is 0 Å². The lowest BCUT2D eigenvalue weighted by Crippen LogP contribution is -2.31. The Morgan fingerprint density at radius 3 is 2.31 bits per heavy atom. The number of aliphatic hydroxyl groups is 1. The number of hydrogen-bond acceptors (Lipinski definition) is 5. The fraction of sp³-hybridized carbons (Fsp3) is 0.448. The van der Waals surface area contributed by atoms with Gasteiger partial charge < -0.3 is 19.5 Å². The molecule has 1 atom stereocenters. The van der Waals surface area contributed by atoms with Crippen molar-refractivity contribution in [3.63, 3.8) is 0 Å². The van der Waals surface area contributed by atoms with Gasteiger partial charge in [0.1, 0.15) is 11.5 Å². The molecule has 1 N–H and O–H groups in total. The van der Waals surface area contributed by atoms with Crippen LogP contribution in [0.15, 0.2) is 48.0 Å². The van der Waals surface area contributed by atoms with Gasteiger partial charge in [-0.15, -0.1) is 0 Å². The summed E-state index contributed by atoms with van der Waals surface area (Å²) in [5.74, 6) is 0.0325. The normalized spacial score (nSPS) is 17.6. The van der Waals surface area contributed by atoms with Gasteiger partial charge in [-0.25, -0.2) is 0 Å². The van der Waals surface area contributed by atoms with Crippen LogP contribution < -0.4 is 4.74 Å². The summed E-state index contributed by atoms with van der Waals surface area (Å²) < 4.78 is 11.0. The molecule has 1 heterocycles. The number of carbonyl (C=O) groups is 2. The van der Waals surface area contributed by atoms with E-state index in [1.54, 1.807) is 30.2 Å². The van der Waals surface area contributed by atoms with Crippen molar-refractivity contribution >= 4 is 17.4 Å². The minimum atomic E-state index is -0.671. The number of hydrogen-bond donors (Lipinski definition) is 1. The van der Waals surface area contributed by atoms with E-state index in [1.807, 2.05) is 31.2 Å². The molecule has 2 aromatic carbocycles. The van der Waals surface area contributed by atoms with Gasteiger partial charge in [0.15, 0.2) is 0 Å². The monoisotopic (exact) mass is 479 g/mol. The largest absolute Gasteiger partial charge is 0.507 e. The van der Waals surface area contributed by atoms with Crippen LogP contribution in [0.5, 0.6) is 5.75 Å². The van der Waals surface area contributed by atoms with Gasteiger partial charge in [-0.1, -0.05) is 52.0 Å². The molecule has 6 heteroatoms. The first-order valence-corrected chi connectivity index (χ1v) is 12.3. The van der Waals surface area contributed by atoms with Gasteiger partial charge in [0, 0.05) is 25.8 Å². The number of ether oxygens (including phenoxy) is 2. The third-order valence-corrected chi connectivity index (χ3v) is 6.23. The molecule has 0 aromatic heterocycles. The van der Waals surface area contributed by atoms with E-state index in [-0.39, 0.29) is 11.3 Å². The third kappa shape index (κ3) is 5.93. The number of nitrogens with zero attached hydrogens (tertiary/aromatic N) is 1. The molecule has 0 bridgehead atoms. The Bertz CT molecular complexity index is 1080. The lowest BCUT2D eigenvalue weighted by Gasteiger charge is -2.25. The molecule has 0 aliphatic carbocycles. The molecule has 1 amide bonds. The van der Waals surface area contributed by atoms with E-state index >= 15 is 0 Å².